The molecule has 1 aromatic carbocycles. The average Bonchev–Trinajstić information content (AvgIpc) is 2.66. The van der Waals surface area contributed by atoms with Crippen molar-refractivity contribution in [1.82, 2.24) is 9.55 Å². The van der Waals surface area contributed by atoms with E-state index in [1.54, 1.807) is 37.5 Å². The smallest absolute Gasteiger partial charge is 0.338 e. The Morgan fingerprint density at radius 3 is 2.73 bits per heavy atom. The first kappa shape index (κ1) is 17.5. The van der Waals surface area contributed by atoms with Gasteiger partial charge in [0.25, 0.3) is 5.56 Å². The molecule has 1 aromatic heterocycles. The first-order valence-corrected chi connectivity index (χ1v) is 8.01. The molecule has 0 bridgehead atoms. The second-order valence-electron chi connectivity index (χ2n) is 5.73. The summed E-state index contributed by atoms with van der Waals surface area (Å²) in [6, 6.07) is 7.57. The van der Waals surface area contributed by atoms with E-state index in [-0.39, 0.29) is 12.6 Å². The Balaban J connectivity index is 1.60. The molecule has 0 spiro atoms. The lowest BCUT2D eigenvalue weighted by molar-refractivity contribution is 0.0117. The van der Waals surface area contributed by atoms with Gasteiger partial charge in [0.15, 0.2) is 0 Å². The molecule has 3 rings (SSSR count). The van der Waals surface area contributed by atoms with Crippen molar-refractivity contribution in [2.75, 3.05) is 13.7 Å². The Kier molecular flexibility index (Phi) is 5.21. The molecule has 8 heteroatoms. The van der Waals surface area contributed by atoms with Crippen molar-refractivity contribution >= 4 is 5.97 Å². The number of carbonyl (C=O) groups excluding carboxylic acids is 1. The van der Waals surface area contributed by atoms with Crippen LogP contribution in [0.5, 0.6) is 5.75 Å². The fraction of sp³-hybridized carbons (Fsp3) is 0.278. The Hall–Kier alpha value is -3.29. The van der Waals surface area contributed by atoms with Crippen molar-refractivity contribution in [3.05, 3.63) is 75.3 Å². The first-order valence-electron chi connectivity index (χ1n) is 8.01. The van der Waals surface area contributed by atoms with Crippen LogP contribution in [-0.2, 0) is 9.47 Å². The largest absolute Gasteiger partial charge is 0.497 e. The Morgan fingerprint density at radius 2 is 2.04 bits per heavy atom. The zero-order valence-corrected chi connectivity index (χ0v) is 14.1. The molecule has 8 nitrogen and oxygen atoms in total. The van der Waals surface area contributed by atoms with Crippen LogP contribution < -0.4 is 16.0 Å². The normalized spacial score (nSPS) is 18.8. The zero-order chi connectivity index (χ0) is 18.5. The van der Waals surface area contributed by atoms with E-state index >= 15 is 0 Å². The maximum absolute atomic E-state index is 12.1. The van der Waals surface area contributed by atoms with Crippen molar-refractivity contribution in [2.24, 2.45) is 0 Å². The molecule has 2 atom stereocenters. The summed E-state index contributed by atoms with van der Waals surface area (Å²) in [4.78, 5) is 37.4. The minimum absolute atomic E-state index is 0.0454. The number of allylic oxidation sites excluding steroid dienone is 1. The van der Waals surface area contributed by atoms with Gasteiger partial charge in [-0.25, -0.2) is 9.59 Å². The highest BCUT2D eigenvalue weighted by molar-refractivity contribution is 5.89. The maximum Gasteiger partial charge on any atom is 0.338 e. The van der Waals surface area contributed by atoms with Crippen LogP contribution in [0.3, 0.4) is 0 Å². The Morgan fingerprint density at radius 1 is 1.27 bits per heavy atom. The van der Waals surface area contributed by atoms with Gasteiger partial charge >= 0.3 is 11.7 Å². The van der Waals surface area contributed by atoms with Gasteiger partial charge in [-0.1, -0.05) is 0 Å². The van der Waals surface area contributed by atoms with Gasteiger partial charge in [-0.2, -0.15) is 0 Å². The number of aromatic amines is 1. The number of nitrogens with one attached hydrogen (secondary N) is 1. The van der Waals surface area contributed by atoms with E-state index in [2.05, 4.69) is 4.98 Å². The summed E-state index contributed by atoms with van der Waals surface area (Å²) in [5.41, 5.74) is -0.541. The minimum Gasteiger partial charge on any atom is -0.497 e. The average molecular weight is 358 g/mol. The van der Waals surface area contributed by atoms with Crippen LogP contribution in [0.1, 0.15) is 22.8 Å². The topological polar surface area (TPSA) is 99.6 Å². The van der Waals surface area contributed by atoms with E-state index in [4.69, 9.17) is 14.2 Å². The number of benzene rings is 1. The fourth-order valence-corrected chi connectivity index (χ4v) is 2.63. The third kappa shape index (κ3) is 4.02. The summed E-state index contributed by atoms with van der Waals surface area (Å²) in [7, 11) is 1.55. The number of nitrogens with zero attached hydrogens (tertiary/aromatic N) is 1. The molecule has 2 aromatic rings. The molecule has 0 saturated heterocycles. The third-order valence-corrected chi connectivity index (χ3v) is 4.01. The van der Waals surface area contributed by atoms with Gasteiger partial charge in [-0.15, -0.1) is 0 Å². The zero-order valence-electron chi connectivity index (χ0n) is 14.1. The Labute approximate surface area is 148 Å². The predicted molar refractivity (Wildman–Crippen MR) is 92.3 cm³/mol. The standard InChI is InChI=1S/C18H18N2O6/c1-24-14-4-2-12(3-5-14)17(22)26-11-15-10-13(7-9-25-15)20-8-6-16(21)19-18(20)23/h2-9,13,15H,10-11H2,1H3,(H,19,21,23)/t13-,15-/m0/s1. The molecule has 1 N–H and O–H groups in total. The van der Waals surface area contributed by atoms with Crippen LogP contribution in [0, 0.1) is 0 Å². The monoisotopic (exact) mass is 358 g/mol. The number of hydrogen-bond acceptors (Lipinski definition) is 6. The van der Waals surface area contributed by atoms with Gasteiger partial charge in [0.05, 0.1) is 25.0 Å². The number of rotatable bonds is 5. The van der Waals surface area contributed by atoms with Crippen LogP contribution >= 0.6 is 0 Å². The molecular formula is C18H18N2O6. The minimum atomic E-state index is -0.497. The summed E-state index contributed by atoms with van der Waals surface area (Å²) in [6.07, 6.45) is 4.64. The van der Waals surface area contributed by atoms with Crippen LogP contribution in [0.4, 0.5) is 0 Å². The molecule has 26 heavy (non-hydrogen) atoms. The predicted octanol–water partition coefficient (Wildman–Crippen LogP) is 1.25. The highest BCUT2D eigenvalue weighted by Gasteiger charge is 2.23. The second-order valence-corrected chi connectivity index (χ2v) is 5.73. The number of aromatic nitrogens is 2. The lowest BCUT2D eigenvalue weighted by atomic mass is 10.1. The molecule has 1 aliphatic rings. The van der Waals surface area contributed by atoms with E-state index in [1.807, 2.05) is 0 Å². The van der Waals surface area contributed by atoms with Crippen molar-refractivity contribution < 1.29 is 19.0 Å². The van der Waals surface area contributed by atoms with Gasteiger partial charge in [0.1, 0.15) is 18.5 Å². The fourth-order valence-electron chi connectivity index (χ4n) is 2.63. The van der Waals surface area contributed by atoms with Crippen LogP contribution in [0.15, 0.2) is 58.5 Å². The molecule has 2 heterocycles. The second kappa shape index (κ2) is 7.73. The Bertz CT molecular complexity index is 912. The summed E-state index contributed by atoms with van der Waals surface area (Å²) < 4.78 is 17.2. The van der Waals surface area contributed by atoms with Crippen molar-refractivity contribution in [3.63, 3.8) is 0 Å². The van der Waals surface area contributed by atoms with E-state index < -0.39 is 23.3 Å². The van der Waals surface area contributed by atoms with Crippen LogP contribution in [0.2, 0.25) is 0 Å². The molecule has 0 unspecified atom stereocenters. The SMILES string of the molecule is COc1ccc(C(=O)OC[C@@H]2C[C@@H](n3ccc(=O)[nH]c3=O)C=CO2)cc1. The van der Waals surface area contributed by atoms with Gasteiger partial charge in [0.2, 0.25) is 0 Å². The highest BCUT2D eigenvalue weighted by Crippen LogP contribution is 2.21. The highest BCUT2D eigenvalue weighted by atomic mass is 16.6. The lowest BCUT2D eigenvalue weighted by Gasteiger charge is -2.26. The summed E-state index contributed by atoms with van der Waals surface area (Å²) in [6.45, 7) is 0.0454. The lowest BCUT2D eigenvalue weighted by Crippen LogP contribution is -2.34. The number of H-pyrrole nitrogens is 1. The number of ether oxygens (including phenoxy) is 3. The molecule has 0 radical (unpaired) electrons. The number of hydrogen-bond donors (Lipinski definition) is 1. The number of methoxy groups -OCH3 is 1. The van der Waals surface area contributed by atoms with Gasteiger partial charge in [-0.05, 0) is 30.3 Å². The van der Waals surface area contributed by atoms with E-state index in [1.165, 1.54) is 23.1 Å². The quantitative estimate of drug-likeness (QED) is 0.808. The van der Waals surface area contributed by atoms with Crippen molar-refractivity contribution in [3.8, 4) is 5.75 Å². The maximum atomic E-state index is 12.1. The molecule has 136 valence electrons. The van der Waals surface area contributed by atoms with Crippen LogP contribution in [0.25, 0.3) is 0 Å². The molecule has 0 fully saturated rings. The van der Waals surface area contributed by atoms with Gasteiger partial charge in [-0.3, -0.25) is 14.3 Å². The van der Waals surface area contributed by atoms with Gasteiger partial charge in [0, 0.05) is 18.7 Å². The first-order chi connectivity index (χ1) is 12.6. The molecule has 0 amide bonds. The van der Waals surface area contributed by atoms with E-state index in [0.29, 0.717) is 17.7 Å². The van der Waals surface area contributed by atoms with Crippen LogP contribution in [-0.4, -0.2) is 35.3 Å². The van der Waals surface area contributed by atoms with Crippen molar-refractivity contribution in [2.45, 2.75) is 18.6 Å². The summed E-state index contributed by atoms with van der Waals surface area (Å²) in [5.74, 6) is 0.181. The third-order valence-electron chi connectivity index (χ3n) is 4.01. The van der Waals surface area contributed by atoms with E-state index in [9.17, 15) is 14.4 Å². The van der Waals surface area contributed by atoms with Crippen molar-refractivity contribution in [1.29, 1.82) is 0 Å². The number of carbonyl (C=O) groups is 1. The number of esters is 1. The summed E-state index contributed by atoms with van der Waals surface area (Å²) >= 11 is 0. The van der Waals surface area contributed by atoms with E-state index in [0.717, 1.165) is 0 Å². The molecule has 1 aliphatic heterocycles. The molecule has 0 saturated carbocycles. The molecule has 0 aliphatic carbocycles. The summed E-state index contributed by atoms with van der Waals surface area (Å²) in [5, 5.41) is 0. The molecular weight excluding hydrogens is 340 g/mol. The van der Waals surface area contributed by atoms with Gasteiger partial charge < -0.3 is 14.2 Å².